The molecule has 1 heterocycles. The van der Waals surface area contributed by atoms with Gasteiger partial charge in [-0.1, -0.05) is 42.1 Å². The summed E-state index contributed by atoms with van der Waals surface area (Å²) in [5, 5.41) is 0.852. The van der Waals surface area contributed by atoms with Crippen molar-refractivity contribution >= 4 is 11.8 Å². The molecule has 0 bridgehead atoms. The van der Waals surface area contributed by atoms with E-state index in [0.29, 0.717) is 0 Å². The summed E-state index contributed by atoms with van der Waals surface area (Å²) in [7, 11) is 0. The van der Waals surface area contributed by atoms with Crippen LogP contribution >= 0.6 is 11.8 Å². The molecule has 16 heavy (non-hydrogen) atoms. The lowest BCUT2D eigenvalue weighted by atomic mass is 10.1. The zero-order valence-electron chi connectivity index (χ0n) is 9.26. The van der Waals surface area contributed by atoms with Gasteiger partial charge in [0.05, 0.1) is 0 Å². The molecule has 0 radical (unpaired) electrons. The molecule has 3 heteroatoms. The van der Waals surface area contributed by atoms with Gasteiger partial charge in [0, 0.05) is 11.9 Å². The average molecular weight is 230 g/mol. The van der Waals surface area contributed by atoms with Gasteiger partial charge in [0.15, 0.2) is 5.16 Å². The summed E-state index contributed by atoms with van der Waals surface area (Å²) in [5.74, 6) is 0. The second-order valence-electron chi connectivity index (χ2n) is 3.52. The Morgan fingerprint density at radius 1 is 1.06 bits per heavy atom. The first-order valence-electron chi connectivity index (χ1n) is 5.28. The minimum atomic E-state index is 0.852. The second kappa shape index (κ2) is 5.66. The normalized spacial score (nSPS) is 10.3. The van der Waals surface area contributed by atoms with Crippen LogP contribution in [0.15, 0.2) is 47.8 Å². The predicted octanol–water partition coefficient (Wildman–Crippen LogP) is 2.98. The summed E-state index contributed by atoms with van der Waals surface area (Å²) in [6.45, 7) is 0. The van der Waals surface area contributed by atoms with E-state index in [0.717, 1.165) is 23.7 Å². The fourth-order valence-electron chi connectivity index (χ4n) is 1.53. The van der Waals surface area contributed by atoms with Crippen molar-refractivity contribution in [2.45, 2.75) is 18.0 Å². The molecule has 0 saturated carbocycles. The third kappa shape index (κ3) is 3.07. The van der Waals surface area contributed by atoms with E-state index < -0.39 is 0 Å². The minimum absolute atomic E-state index is 0.852. The Labute approximate surface area is 100 Å². The van der Waals surface area contributed by atoms with Crippen LogP contribution in [0, 0.1) is 0 Å². The van der Waals surface area contributed by atoms with Crippen LogP contribution in [0.3, 0.4) is 0 Å². The summed E-state index contributed by atoms with van der Waals surface area (Å²) < 4.78 is 0. The van der Waals surface area contributed by atoms with Crippen molar-refractivity contribution < 1.29 is 0 Å². The molecule has 0 saturated heterocycles. The first-order chi connectivity index (χ1) is 7.88. The largest absolute Gasteiger partial charge is 0.231 e. The van der Waals surface area contributed by atoms with Gasteiger partial charge in [-0.2, -0.15) is 0 Å². The highest BCUT2D eigenvalue weighted by atomic mass is 32.2. The van der Waals surface area contributed by atoms with E-state index in [2.05, 4.69) is 34.2 Å². The standard InChI is InChI=1S/C13H14N2S/c1-16-13-14-10-9-12(15-13)8-7-11-5-3-2-4-6-11/h2-6,9-10H,7-8H2,1H3. The summed E-state index contributed by atoms with van der Waals surface area (Å²) in [5.41, 5.74) is 2.47. The zero-order chi connectivity index (χ0) is 11.2. The molecule has 0 atom stereocenters. The third-order valence-electron chi connectivity index (χ3n) is 2.39. The first-order valence-corrected chi connectivity index (χ1v) is 6.51. The zero-order valence-corrected chi connectivity index (χ0v) is 10.1. The van der Waals surface area contributed by atoms with Crippen molar-refractivity contribution in [3.8, 4) is 0 Å². The SMILES string of the molecule is CSc1nccc(CCc2ccccc2)n1. The topological polar surface area (TPSA) is 25.8 Å². The molecule has 0 spiro atoms. The van der Waals surface area contributed by atoms with Crippen LogP contribution in [0.5, 0.6) is 0 Å². The van der Waals surface area contributed by atoms with Gasteiger partial charge in [-0.15, -0.1) is 0 Å². The second-order valence-corrected chi connectivity index (χ2v) is 4.29. The lowest BCUT2D eigenvalue weighted by Crippen LogP contribution is -1.96. The molecule has 0 fully saturated rings. The number of hydrogen-bond acceptors (Lipinski definition) is 3. The molecule has 0 unspecified atom stereocenters. The molecule has 0 N–H and O–H groups in total. The first kappa shape index (κ1) is 11.1. The van der Waals surface area contributed by atoms with E-state index in [4.69, 9.17) is 0 Å². The van der Waals surface area contributed by atoms with E-state index in [1.807, 2.05) is 24.6 Å². The van der Waals surface area contributed by atoms with Gasteiger partial charge in [-0.25, -0.2) is 9.97 Å². The number of rotatable bonds is 4. The maximum atomic E-state index is 4.46. The number of thioether (sulfide) groups is 1. The van der Waals surface area contributed by atoms with Crippen LogP contribution < -0.4 is 0 Å². The summed E-state index contributed by atoms with van der Waals surface area (Å²) in [6, 6.07) is 12.5. The van der Waals surface area contributed by atoms with Crippen molar-refractivity contribution in [1.82, 2.24) is 9.97 Å². The molecule has 1 aromatic carbocycles. The van der Waals surface area contributed by atoms with Crippen LogP contribution in [0.4, 0.5) is 0 Å². The van der Waals surface area contributed by atoms with Gasteiger partial charge >= 0.3 is 0 Å². The minimum Gasteiger partial charge on any atom is -0.231 e. The van der Waals surface area contributed by atoms with Crippen molar-refractivity contribution in [3.63, 3.8) is 0 Å². The fourth-order valence-corrected chi connectivity index (χ4v) is 1.91. The lowest BCUT2D eigenvalue weighted by molar-refractivity contribution is 0.845. The van der Waals surface area contributed by atoms with Gasteiger partial charge in [-0.05, 0) is 30.7 Å². The van der Waals surface area contributed by atoms with Crippen LogP contribution in [-0.2, 0) is 12.8 Å². The number of aryl methyl sites for hydroxylation is 2. The Morgan fingerprint density at radius 2 is 1.88 bits per heavy atom. The van der Waals surface area contributed by atoms with E-state index in [-0.39, 0.29) is 0 Å². The Morgan fingerprint density at radius 3 is 2.62 bits per heavy atom. The van der Waals surface area contributed by atoms with Gasteiger partial charge in [0.2, 0.25) is 0 Å². The van der Waals surface area contributed by atoms with Gasteiger partial charge in [-0.3, -0.25) is 0 Å². The number of nitrogens with zero attached hydrogens (tertiary/aromatic N) is 2. The quantitative estimate of drug-likeness (QED) is 0.596. The van der Waals surface area contributed by atoms with Crippen LogP contribution in [-0.4, -0.2) is 16.2 Å². The molecular weight excluding hydrogens is 216 g/mol. The van der Waals surface area contributed by atoms with E-state index in [1.54, 1.807) is 11.8 Å². The molecule has 0 aliphatic rings. The van der Waals surface area contributed by atoms with Crippen molar-refractivity contribution in [2.24, 2.45) is 0 Å². The average Bonchev–Trinajstić information content (AvgIpc) is 2.38. The number of hydrogen-bond donors (Lipinski definition) is 0. The van der Waals surface area contributed by atoms with Crippen molar-refractivity contribution in [3.05, 3.63) is 53.9 Å². The molecule has 0 aliphatic carbocycles. The lowest BCUT2D eigenvalue weighted by Gasteiger charge is -2.02. The van der Waals surface area contributed by atoms with E-state index in [1.165, 1.54) is 5.56 Å². The number of benzene rings is 1. The van der Waals surface area contributed by atoms with Crippen molar-refractivity contribution in [1.29, 1.82) is 0 Å². The van der Waals surface area contributed by atoms with Gasteiger partial charge in [0.1, 0.15) is 0 Å². The predicted molar refractivity (Wildman–Crippen MR) is 67.7 cm³/mol. The van der Waals surface area contributed by atoms with Crippen LogP contribution in [0.1, 0.15) is 11.3 Å². The van der Waals surface area contributed by atoms with Crippen LogP contribution in [0.2, 0.25) is 0 Å². The third-order valence-corrected chi connectivity index (χ3v) is 2.95. The van der Waals surface area contributed by atoms with Crippen molar-refractivity contribution in [2.75, 3.05) is 6.26 Å². The van der Waals surface area contributed by atoms with E-state index >= 15 is 0 Å². The maximum absolute atomic E-state index is 4.46. The Kier molecular flexibility index (Phi) is 3.94. The molecule has 2 nitrogen and oxygen atoms in total. The monoisotopic (exact) mass is 230 g/mol. The molecular formula is C13H14N2S. The Bertz CT molecular complexity index is 443. The highest BCUT2D eigenvalue weighted by Gasteiger charge is 1.99. The molecule has 2 rings (SSSR count). The van der Waals surface area contributed by atoms with Gasteiger partial charge in [0.25, 0.3) is 0 Å². The molecule has 0 aliphatic heterocycles. The van der Waals surface area contributed by atoms with Gasteiger partial charge < -0.3 is 0 Å². The number of aromatic nitrogens is 2. The fraction of sp³-hybridized carbons (Fsp3) is 0.231. The molecule has 2 aromatic rings. The van der Waals surface area contributed by atoms with E-state index in [9.17, 15) is 0 Å². The molecule has 82 valence electrons. The molecule has 0 amide bonds. The smallest absolute Gasteiger partial charge is 0.187 e. The maximum Gasteiger partial charge on any atom is 0.187 e. The summed E-state index contributed by atoms with van der Waals surface area (Å²) in [4.78, 5) is 8.62. The Hall–Kier alpha value is -1.35. The summed E-state index contributed by atoms with van der Waals surface area (Å²) >= 11 is 1.58. The Balaban J connectivity index is 1.99. The van der Waals surface area contributed by atoms with Crippen LogP contribution in [0.25, 0.3) is 0 Å². The highest BCUT2D eigenvalue weighted by molar-refractivity contribution is 7.98. The molecule has 1 aromatic heterocycles. The summed E-state index contributed by atoms with van der Waals surface area (Å²) in [6.07, 6.45) is 5.83. The highest BCUT2D eigenvalue weighted by Crippen LogP contribution is 2.10.